The zero-order valence-corrected chi connectivity index (χ0v) is 17.8. The Balaban J connectivity index is 1.46. The average Bonchev–Trinajstić information content (AvgIpc) is 3.41. The maximum absolute atomic E-state index is 13.0. The molecule has 0 saturated carbocycles. The van der Waals surface area contributed by atoms with Crippen LogP contribution in [-0.4, -0.2) is 39.5 Å². The van der Waals surface area contributed by atoms with Crippen LogP contribution in [0.3, 0.4) is 0 Å². The number of nitrogens with one attached hydrogen (secondary N) is 1. The van der Waals surface area contributed by atoms with E-state index in [0.717, 1.165) is 43.1 Å². The van der Waals surface area contributed by atoms with Crippen molar-refractivity contribution in [3.63, 3.8) is 0 Å². The zero-order chi connectivity index (χ0) is 20.9. The fourth-order valence-electron chi connectivity index (χ4n) is 3.30. The minimum Gasteiger partial charge on any atom is -0.351 e. The van der Waals surface area contributed by atoms with Crippen molar-refractivity contribution < 1.29 is 9.18 Å². The van der Waals surface area contributed by atoms with E-state index in [4.69, 9.17) is 11.6 Å². The van der Waals surface area contributed by atoms with Crippen LogP contribution in [0.4, 0.5) is 10.3 Å². The molecule has 0 unspecified atom stereocenters. The number of carbonyl (C=O) groups is 1. The van der Waals surface area contributed by atoms with E-state index in [1.165, 1.54) is 23.9 Å². The predicted octanol–water partition coefficient (Wildman–Crippen LogP) is 4.07. The molecule has 0 atom stereocenters. The van der Waals surface area contributed by atoms with E-state index < -0.39 is 0 Å². The topological polar surface area (TPSA) is 63.1 Å². The number of hydrogen-bond donors (Lipinski definition) is 1. The van der Waals surface area contributed by atoms with Crippen LogP contribution in [0.5, 0.6) is 0 Å². The summed E-state index contributed by atoms with van der Waals surface area (Å²) < 4.78 is 14.9. The van der Waals surface area contributed by atoms with Crippen molar-refractivity contribution >= 4 is 35.2 Å². The lowest BCUT2D eigenvalue weighted by Gasteiger charge is -2.18. The van der Waals surface area contributed by atoms with Crippen LogP contribution in [0.25, 0.3) is 5.69 Å². The maximum atomic E-state index is 13.0. The highest BCUT2D eigenvalue weighted by molar-refractivity contribution is 7.99. The highest BCUT2D eigenvalue weighted by atomic mass is 35.5. The van der Waals surface area contributed by atoms with Crippen molar-refractivity contribution in [2.75, 3.05) is 23.7 Å². The number of halogens is 2. The Kier molecular flexibility index (Phi) is 6.54. The first-order valence-corrected chi connectivity index (χ1v) is 11.1. The standard InChI is InChI=1S/C21H21ClFN5OS/c22-16-4-3-5-18(12-16)28-20(27-10-1-2-11-27)25-26-21(28)30-14-19(29)24-13-15-6-8-17(23)9-7-15/h3-9,12H,1-2,10-11,13-14H2,(H,24,29). The van der Waals surface area contributed by atoms with Crippen LogP contribution in [0.1, 0.15) is 18.4 Å². The molecule has 6 nitrogen and oxygen atoms in total. The minimum absolute atomic E-state index is 0.132. The molecule has 2 aromatic carbocycles. The summed E-state index contributed by atoms with van der Waals surface area (Å²) in [4.78, 5) is 14.5. The molecule has 1 amide bonds. The van der Waals surface area contributed by atoms with Crippen LogP contribution in [0, 0.1) is 5.82 Å². The summed E-state index contributed by atoms with van der Waals surface area (Å²) in [7, 11) is 0. The van der Waals surface area contributed by atoms with Gasteiger partial charge in [0.25, 0.3) is 0 Å². The molecule has 0 bridgehead atoms. The summed E-state index contributed by atoms with van der Waals surface area (Å²) >= 11 is 7.52. The van der Waals surface area contributed by atoms with Gasteiger partial charge < -0.3 is 10.2 Å². The molecule has 1 aliphatic heterocycles. The fourth-order valence-corrected chi connectivity index (χ4v) is 4.26. The van der Waals surface area contributed by atoms with Crippen molar-refractivity contribution in [2.45, 2.75) is 24.5 Å². The molecular weight excluding hydrogens is 425 g/mol. The molecule has 4 rings (SSSR count). The van der Waals surface area contributed by atoms with Gasteiger partial charge in [-0.25, -0.2) is 4.39 Å². The Morgan fingerprint density at radius 3 is 2.63 bits per heavy atom. The number of rotatable bonds is 7. The largest absolute Gasteiger partial charge is 0.351 e. The fraction of sp³-hybridized carbons (Fsp3) is 0.286. The number of nitrogens with zero attached hydrogens (tertiary/aromatic N) is 4. The molecule has 1 fully saturated rings. The van der Waals surface area contributed by atoms with E-state index in [-0.39, 0.29) is 17.5 Å². The van der Waals surface area contributed by atoms with Gasteiger partial charge in [0.2, 0.25) is 11.9 Å². The number of anilines is 1. The van der Waals surface area contributed by atoms with Gasteiger partial charge in [-0.15, -0.1) is 10.2 Å². The molecule has 3 aromatic rings. The third-order valence-electron chi connectivity index (χ3n) is 4.81. The van der Waals surface area contributed by atoms with Gasteiger partial charge in [-0.3, -0.25) is 9.36 Å². The average molecular weight is 446 g/mol. The van der Waals surface area contributed by atoms with Crippen molar-refractivity contribution in [3.8, 4) is 5.69 Å². The molecule has 0 aliphatic carbocycles. The monoisotopic (exact) mass is 445 g/mol. The molecule has 2 heterocycles. The maximum Gasteiger partial charge on any atom is 0.232 e. The van der Waals surface area contributed by atoms with Crippen LogP contribution < -0.4 is 10.2 Å². The summed E-state index contributed by atoms with van der Waals surface area (Å²) in [6.45, 7) is 2.21. The molecule has 156 valence electrons. The molecule has 30 heavy (non-hydrogen) atoms. The van der Waals surface area contributed by atoms with Gasteiger partial charge in [-0.05, 0) is 48.7 Å². The Morgan fingerprint density at radius 1 is 1.13 bits per heavy atom. The molecular formula is C21H21ClFN5OS. The summed E-state index contributed by atoms with van der Waals surface area (Å²) in [6.07, 6.45) is 2.24. The molecule has 1 saturated heterocycles. The Hall–Kier alpha value is -2.58. The number of thioether (sulfide) groups is 1. The van der Waals surface area contributed by atoms with Crippen molar-refractivity contribution in [3.05, 3.63) is 64.9 Å². The van der Waals surface area contributed by atoms with Crippen LogP contribution >= 0.6 is 23.4 Å². The third kappa shape index (κ3) is 4.94. The molecule has 0 radical (unpaired) electrons. The SMILES string of the molecule is O=C(CSc1nnc(N2CCCC2)n1-c1cccc(Cl)c1)NCc1ccc(F)cc1. The van der Waals surface area contributed by atoms with Gasteiger partial charge >= 0.3 is 0 Å². The molecule has 1 N–H and O–H groups in total. The normalized spacial score (nSPS) is 13.6. The van der Waals surface area contributed by atoms with Gasteiger partial charge in [0, 0.05) is 24.7 Å². The van der Waals surface area contributed by atoms with E-state index in [0.29, 0.717) is 16.7 Å². The second-order valence-electron chi connectivity index (χ2n) is 6.98. The van der Waals surface area contributed by atoms with Gasteiger partial charge in [-0.2, -0.15) is 0 Å². The minimum atomic E-state index is -0.296. The van der Waals surface area contributed by atoms with Crippen LogP contribution in [0.2, 0.25) is 5.02 Å². The number of amides is 1. The van der Waals surface area contributed by atoms with Gasteiger partial charge in [0.15, 0.2) is 5.16 Å². The third-order valence-corrected chi connectivity index (χ3v) is 5.97. The van der Waals surface area contributed by atoms with Crippen LogP contribution in [0.15, 0.2) is 53.7 Å². The number of hydrogen-bond acceptors (Lipinski definition) is 5. The van der Waals surface area contributed by atoms with Gasteiger partial charge in [-0.1, -0.05) is 41.6 Å². The Bertz CT molecular complexity index is 1020. The first-order chi connectivity index (χ1) is 14.6. The second kappa shape index (κ2) is 9.49. The second-order valence-corrected chi connectivity index (χ2v) is 8.36. The van der Waals surface area contributed by atoms with E-state index in [2.05, 4.69) is 20.4 Å². The zero-order valence-electron chi connectivity index (χ0n) is 16.2. The van der Waals surface area contributed by atoms with Gasteiger partial charge in [0.05, 0.1) is 11.4 Å². The van der Waals surface area contributed by atoms with Crippen molar-refractivity contribution in [2.24, 2.45) is 0 Å². The first kappa shape index (κ1) is 20.7. The highest BCUT2D eigenvalue weighted by Gasteiger charge is 2.23. The van der Waals surface area contributed by atoms with E-state index in [1.54, 1.807) is 12.1 Å². The summed E-state index contributed by atoms with van der Waals surface area (Å²) in [5.74, 6) is 0.534. The van der Waals surface area contributed by atoms with Crippen LogP contribution in [-0.2, 0) is 11.3 Å². The van der Waals surface area contributed by atoms with Gasteiger partial charge in [0.1, 0.15) is 5.82 Å². The van der Waals surface area contributed by atoms with E-state index >= 15 is 0 Å². The van der Waals surface area contributed by atoms with Crippen molar-refractivity contribution in [1.82, 2.24) is 20.1 Å². The lowest BCUT2D eigenvalue weighted by atomic mass is 10.2. The molecule has 1 aliphatic rings. The summed E-state index contributed by atoms with van der Waals surface area (Å²) in [5.41, 5.74) is 1.71. The number of aromatic nitrogens is 3. The van der Waals surface area contributed by atoms with Crippen molar-refractivity contribution in [1.29, 1.82) is 0 Å². The molecule has 0 spiro atoms. The molecule has 9 heteroatoms. The molecule has 1 aromatic heterocycles. The lowest BCUT2D eigenvalue weighted by molar-refractivity contribution is -0.118. The predicted molar refractivity (Wildman–Crippen MR) is 117 cm³/mol. The van der Waals surface area contributed by atoms with E-state index in [1.807, 2.05) is 28.8 Å². The summed E-state index contributed by atoms with van der Waals surface area (Å²) in [5, 5.41) is 12.8. The first-order valence-electron chi connectivity index (χ1n) is 9.70. The quantitative estimate of drug-likeness (QED) is 0.555. The Labute approximate surface area is 183 Å². The lowest BCUT2D eigenvalue weighted by Crippen LogP contribution is -2.25. The highest BCUT2D eigenvalue weighted by Crippen LogP contribution is 2.29. The number of carbonyl (C=O) groups excluding carboxylic acids is 1. The number of benzene rings is 2. The van der Waals surface area contributed by atoms with E-state index in [9.17, 15) is 9.18 Å². The smallest absolute Gasteiger partial charge is 0.232 e. The Morgan fingerprint density at radius 2 is 1.90 bits per heavy atom. The summed E-state index contributed by atoms with van der Waals surface area (Å²) in [6, 6.07) is 13.6.